The molecule has 114 valence electrons. The van der Waals surface area contributed by atoms with Crippen molar-refractivity contribution in [3.05, 3.63) is 0 Å². The van der Waals surface area contributed by atoms with Gasteiger partial charge in [0.1, 0.15) is 5.60 Å². The van der Waals surface area contributed by atoms with E-state index >= 15 is 0 Å². The largest absolute Gasteiger partial charge is 0.550 e. The first-order valence-corrected chi connectivity index (χ1v) is 3.11. The van der Waals surface area contributed by atoms with Crippen LogP contribution in [0.15, 0.2) is 0 Å². The van der Waals surface area contributed by atoms with Crippen LogP contribution in [0.1, 0.15) is 12.8 Å². The van der Waals surface area contributed by atoms with Gasteiger partial charge in [-0.3, -0.25) is 0 Å². The predicted molar refractivity (Wildman–Crippen MR) is 47.3 cm³/mol. The van der Waals surface area contributed by atoms with Gasteiger partial charge in [0.15, 0.2) is 0 Å². The summed E-state index contributed by atoms with van der Waals surface area (Å²) in [6, 6.07) is 0. The SMILES string of the molecule is O.O.O.O.O.O=C([O-])CC(O)(CC(=O)[O-])C(=O)[O-]. The van der Waals surface area contributed by atoms with Crippen LogP contribution >= 0.6 is 0 Å². The van der Waals surface area contributed by atoms with Gasteiger partial charge in [-0.15, -0.1) is 0 Å². The highest BCUT2D eigenvalue weighted by atomic mass is 16.4. The van der Waals surface area contributed by atoms with Gasteiger partial charge in [-0.1, -0.05) is 0 Å². The molecule has 0 heterocycles. The monoisotopic (exact) mass is 279 g/mol. The summed E-state index contributed by atoms with van der Waals surface area (Å²) in [7, 11) is 0. The van der Waals surface area contributed by atoms with Crippen molar-refractivity contribution in [2.75, 3.05) is 0 Å². The molecule has 0 aromatic carbocycles. The first-order valence-electron chi connectivity index (χ1n) is 3.11. The van der Waals surface area contributed by atoms with Gasteiger partial charge >= 0.3 is 0 Å². The highest BCUT2D eigenvalue weighted by Crippen LogP contribution is 2.13. The molecule has 12 nitrogen and oxygen atoms in total. The number of hydrogen-bond acceptors (Lipinski definition) is 7. The standard InChI is InChI=1S/C6H8O7.5H2O/c7-3(8)1-6(13,5(11)12)2-4(9)10;;;;;/h13H,1-2H2,(H,7,8)(H,9,10)(H,11,12);5*1H2/p-3. The maximum absolute atomic E-state index is 10.1. The molecule has 0 atom stereocenters. The van der Waals surface area contributed by atoms with E-state index in [0.717, 1.165) is 0 Å². The van der Waals surface area contributed by atoms with Crippen LogP contribution in [0.25, 0.3) is 0 Å². The first-order chi connectivity index (χ1) is 5.78. The summed E-state index contributed by atoms with van der Waals surface area (Å²) in [5.41, 5.74) is -2.97. The van der Waals surface area contributed by atoms with Gasteiger partial charge in [-0.2, -0.15) is 0 Å². The van der Waals surface area contributed by atoms with E-state index in [1.54, 1.807) is 0 Å². The van der Waals surface area contributed by atoms with Gasteiger partial charge in [0.2, 0.25) is 0 Å². The predicted octanol–water partition coefficient (Wildman–Crippen LogP) is -9.38. The number of carbonyl (C=O) groups excluding carboxylic acids is 3. The molecule has 0 rings (SSSR count). The Labute approximate surface area is 99.6 Å². The molecule has 18 heavy (non-hydrogen) atoms. The molecule has 0 aliphatic rings. The third-order valence-electron chi connectivity index (χ3n) is 1.25. The highest BCUT2D eigenvalue weighted by Gasteiger charge is 2.29. The fourth-order valence-electron chi connectivity index (χ4n) is 0.684. The third kappa shape index (κ3) is 12.2. The summed E-state index contributed by atoms with van der Waals surface area (Å²) in [6.07, 6.45) is -2.72. The van der Waals surface area contributed by atoms with E-state index in [1.165, 1.54) is 0 Å². The maximum atomic E-state index is 10.1. The Morgan fingerprint density at radius 2 is 1.00 bits per heavy atom. The van der Waals surface area contributed by atoms with Crippen LogP contribution in [0.4, 0.5) is 0 Å². The summed E-state index contributed by atoms with van der Waals surface area (Å²) in [4.78, 5) is 30.0. The number of carbonyl (C=O) groups is 3. The fraction of sp³-hybridized carbons (Fsp3) is 0.500. The van der Waals surface area contributed by atoms with Crippen molar-refractivity contribution >= 4 is 17.9 Å². The minimum Gasteiger partial charge on any atom is -0.550 e. The molecule has 0 spiro atoms. The quantitative estimate of drug-likeness (QED) is 0.505. The number of rotatable bonds is 5. The number of hydrogen-bond donors (Lipinski definition) is 1. The lowest BCUT2D eigenvalue weighted by atomic mass is 9.96. The molecule has 0 aromatic heterocycles. The van der Waals surface area contributed by atoms with E-state index in [9.17, 15) is 29.7 Å². The van der Waals surface area contributed by atoms with Gasteiger partial charge in [0.05, 0.1) is 5.97 Å². The van der Waals surface area contributed by atoms with E-state index in [0.29, 0.717) is 0 Å². The molecular formula is C6H15O12-3. The van der Waals surface area contributed by atoms with Crippen LogP contribution < -0.4 is 15.3 Å². The molecule has 0 aliphatic heterocycles. The zero-order chi connectivity index (χ0) is 10.6. The van der Waals surface area contributed by atoms with Crippen LogP contribution in [0, 0.1) is 0 Å². The Morgan fingerprint density at radius 1 is 0.778 bits per heavy atom. The Bertz CT molecular complexity index is 231. The Balaban J connectivity index is -0.0000000720. The van der Waals surface area contributed by atoms with Crippen molar-refractivity contribution in [3.8, 4) is 0 Å². The number of aliphatic carboxylic acids is 3. The lowest BCUT2D eigenvalue weighted by Crippen LogP contribution is -2.54. The number of aliphatic hydroxyl groups is 1. The zero-order valence-corrected chi connectivity index (χ0v) is 8.81. The second-order valence-corrected chi connectivity index (χ2v) is 2.42. The highest BCUT2D eigenvalue weighted by molar-refractivity contribution is 5.86. The molecular weight excluding hydrogens is 264 g/mol. The van der Waals surface area contributed by atoms with Crippen molar-refractivity contribution in [1.29, 1.82) is 0 Å². The summed E-state index contributed by atoms with van der Waals surface area (Å²) in [5.74, 6) is -5.98. The molecule has 0 aromatic rings. The molecule has 0 amide bonds. The molecule has 0 saturated carbocycles. The first kappa shape index (κ1) is 36.0. The smallest absolute Gasteiger partial charge is 0.114 e. The second kappa shape index (κ2) is 13.2. The molecule has 0 saturated heterocycles. The normalized spacial score (nSPS) is 7.83. The van der Waals surface area contributed by atoms with E-state index in [-0.39, 0.29) is 27.4 Å². The number of carboxylic acids is 3. The summed E-state index contributed by atoms with van der Waals surface area (Å²) < 4.78 is 0. The van der Waals surface area contributed by atoms with Gasteiger partial charge in [-0.25, -0.2) is 0 Å². The topological polar surface area (TPSA) is 298 Å². The molecule has 0 aliphatic carbocycles. The summed E-state index contributed by atoms with van der Waals surface area (Å²) in [5, 5.41) is 38.9. The Morgan fingerprint density at radius 3 is 1.11 bits per heavy atom. The average Bonchev–Trinajstić information content (AvgIpc) is 1.82. The lowest BCUT2D eigenvalue weighted by Gasteiger charge is -2.29. The van der Waals surface area contributed by atoms with Crippen molar-refractivity contribution < 1.29 is 62.2 Å². The van der Waals surface area contributed by atoms with Crippen molar-refractivity contribution in [2.45, 2.75) is 18.4 Å². The van der Waals surface area contributed by atoms with Crippen LogP contribution in [-0.2, 0) is 14.4 Å². The van der Waals surface area contributed by atoms with Crippen LogP contribution in [-0.4, -0.2) is 56.0 Å². The second-order valence-electron chi connectivity index (χ2n) is 2.42. The van der Waals surface area contributed by atoms with E-state index in [4.69, 9.17) is 5.11 Å². The third-order valence-corrected chi connectivity index (χ3v) is 1.25. The Hall–Kier alpha value is -1.83. The minimum absolute atomic E-state index is 0. The van der Waals surface area contributed by atoms with E-state index < -0.39 is 36.4 Å². The van der Waals surface area contributed by atoms with Gasteiger partial charge in [-0.05, 0) is 0 Å². The zero-order valence-electron chi connectivity index (χ0n) is 8.81. The Kier molecular flexibility index (Phi) is 26.5. The van der Waals surface area contributed by atoms with Crippen molar-refractivity contribution in [3.63, 3.8) is 0 Å². The maximum Gasteiger partial charge on any atom is 0.114 e. The van der Waals surface area contributed by atoms with Crippen LogP contribution in [0.3, 0.4) is 0 Å². The lowest BCUT2D eigenvalue weighted by molar-refractivity contribution is -0.339. The summed E-state index contributed by atoms with van der Waals surface area (Å²) in [6.45, 7) is 0. The van der Waals surface area contributed by atoms with Gasteiger partial charge < -0.3 is 62.2 Å². The van der Waals surface area contributed by atoms with Gasteiger partial charge in [0.25, 0.3) is 0 Å². The number of carboxylic acid groups (broad SMARTS) is 3. The van der Waals surface area contributed by atoms with Gasteiger partial charge in [0, 0.05) is 24.8 Å². The molecule has 11 N–H and O–H groups in total. The molecule has 0 radical (unpaired) electrons. The summed E-state index contributed by atoms with van der Waals surface area (Å²) >= 11 is 0. The molecule has 0 unspecified atom stereocenters. The molecule has 0 fully saturated rings. The minimum atomic E-state index is -2.97. The fourth-order valence-corrected chi connectivity index (χ4v) is 0.684. The molecule has 12 heteroatoms. The van der Waals surface area contributed by atoms with Crippen LogP contribution in [0.2, 0.25) is 0 Å². The van der Waals surface area contributed by atoms with Crippen LogP contribution in [0.5, 0.6) is 0 Å². The average molecular weight is 279 g/mol. The van der Waals surface area contributed by atoms with Crippen molar-refractivity contribution in [2.24, 2.45) is 0 Å². The van der Waals surface area contributed by atoms with E-state index in [1.807, 2.05) is 0 Å². The molecule has 0 bridgehead atoms. The van der Waals surface area contributed by atoms with E-state index in [2.05, 4.69) is 0 Å². The van der Waals surface area contributed by atoms with Crippen molar-refractivity contribution in [1.82, 2.24) is 0 Å².